The Kier molecular flexibility index (Phi) is 6.57. The Morgan fingerprint density at radius 3 is 1.39 bits per heavy atom. The molecule has 4 aliphatic carbocycles. The van der Waals surface area contributed by atoms with Crippen molar-refractivity contribution in [1.82, 2.24) is 0 Å². The highest BCUT2D eigenvalue weighted by Crippen LogP contribution is 2.67. The summed E-state index contributed by atoms with van der Waals surface area (Å²) < 4.78 is 0. The second-order valence-electron chi connectivity index (χ2n) is 11.0. The average Bonchev–Trinajstić information content (AvgIpc) is 2.77. The van der Waals surface area contributed by atoms with E-state index in [1.165, 1.54) is 88.2 Å². The van der Waals surface area contributed by atoms with Gasteiger partial charge in [-0.1, -0.05) is 75.2 Å². The minimum atomic E-state index is -0.276. The van der Waals surface area contributed by atoms with Crippen molar-refractivity contribution in [2.75, 3.05) is 0 Å². The molecule has 0 unspecified atom stereocenters. The van der Waals surface area contributed by atoms with Crippen molar-refractivity contribution < 1.29 is 0 Å². The first-order chi connectivity index (χ1) is 15.2. The summed E-state index contributed by atoms with van der Waals surface area (Å²) >= 11 is 0. The van der Waals surface area contributed by atoms with Crippen molar-refractivity contribution in [2.45, 2.75) is 96.1 Å². The SMILES string of the molecule is CCCCc1ccc(P(c2ccc(CCCC)cc2)C23CC4CC(CC(C4)C2)C3)cc1. The Bertz CT molecular complexity index is 760. The molecule has 0 radical (unpaired) electrons. The molecule has 4 fully saturated rings. The number of aryl methyl sites for hydroxylation is 2. The van der Waals surface area contributed by atoms with Crippen LogP contribution in [0.4, 0.5) is 0 Å². The summed E-state index contributed by atoms with van der Waals surface area (Å²) in [5.74, 6) is 3.05. The van der Waals surface area contributed by atoms with Crippen molar-refractivity contribution in [3.05, 3.63) is 59.7 Å². The molecular formula is C30H41P. The summed E-state index contributed by atoms with van der Waals surface area (Å²) in [4.78, 5) is 0. The van der Waals surface area contributed by atoms with Crippen LogP contribution in [-0.2, 0) is 12.8 Å². The topological polar surface area (TPSA) is 0 Å². The van der Waals surface area contributed by atoms with Gasteiger partial charge in [-0.15, -0.1) is 0 Å². The van der Waals surface area contributed by atoms with Gasteiger partial charge in [0.15, 0.2) is 0 Å². The minimum absolute atomic E-state index is 0.276. The summed E-state index contributed by atoms with van der Waals surface area (Å²) in [5, 5.41) is 3.87. The van der Waals surface area contributed by atoms with E-state index in [4.69, 9.17) is 0 Å². The van der Waals surface area contributed by atoms with Crippen molar-refractivity contribution in [2.24, 2.45) is 17.8 Å². The van der Waals surface area contributed by atoms with Gasteiger partial charge in [-0.05, 0) is 117 Å². The molecule has 31 heavy (non-hydrogen) atoms. The molecule has 6 rings (SSSR count). The Morgan fingerprint density at radius 1 is 0.645 bits per heavy atom. The Balaban J connectivity index is 1.49. The van der Waals surface area contributed by atoms with Crippen LogP contribution in [0, 0.1) is 17.8 Å². The average molecular weight is 433 g/mol. The number of hydrogen-bond acceptors (Lipinski definition) is 0. The third-order valence-corrected chi connectivity index (χ3v) is 11.6. The molecule has 4 saturated carbocycles. The Labute approximate surface area is 192 Å². The van der Waals surface area contributed by atoms with Crippen molar-refractivity contribution in [3.63, 3.8) is 0 Å². The van der Waals surface area contributed by atoms with Crippen LogP contribution in [-0.4, -0.2) is 5.16 Å². The largest absolute Gasteiger partial charge is 0.0654 e. The molecule has 0 atom stereocenters. The van der Waals surface area contributed by atoms with E-state index < -0.39 is 0 Å². The monoisotopic (exact) mass is 432 g/mol. The van der Waals surface area contributed by atoms with Gasteiger partial charge in [0.2, 0.25) is 0 Å². The molecule has 0 N–H and O–H groups in total. The van der Waals surface area contributed by atoms with Crippen molar-refractivity contribution in [1.29, 1.82) is 0 Å². The zero-order valence-corrected chi connectivity index (χ0v) is 20.7. The van der Waals surface area contributed by atoms with E-state index in [0.29, 0.717) is 5.16 Å². The molecule has 4 bridgehead atoms. The Morgan fingerprint density at radius 2 is 1.03 bits per heavy atom. The van der Waals surface area contributed by atoms with E-state index in [2.05, 4.69) is 62.4 Å². The fourth-order valence-electron chi connectivity index (χ4n) is 7.42. The van der Waals surface area contributed by atoms with Gasteiger partial charge in [-0.3, -0.25) is 0 Å². The standard InChI is InChI=1S/C30H41P/c1-3-5-7-23-9-13-28(14-10-23)31(29-15-11-24(12-16-29)8-6-4-2)30-20-25-17-26(21-30)19-27(18-25)22-30/h9-16,25-27H,3-8,17-22H2,1-2H3. The predicted molar refractivity (Wildman–Crippen MR) is 137 cm³/mol. The maximum Gasteiger partial charge on any atom is -0.000642 e. The van der Waals surface area contributed by atoms with Gasteiger partial charge < -0.3 is 0 Å². The van der Waals surface area contributed by atoms with Crippen LogP contribution in [0.3, 0.4) is 0 Å². The predicted octanol–water partition coefficient (Wildman–Crippen LogP) is 7.77. The lowest BCUT2D eigenvalue weighted by Gasteiger charge is -2.59. The maximum atomic E-state index is 2.53. The second-order valence-corrected chi connectivity index (χ2v) is 13.7. The third kappa shape index (κ3) is 4.53. The van der Waals surface area contributed by atoms with Crippen LogP contribution in [0.2, 0.25) is 0 Å². The fourth-order valence-corrected chi connectivity index (χ4v) is 11.0. The molecular weight excluding hydrogens is 391 g/mol. The zero-order valence-electron chi connectivity index (χ0n) is 19.8. The van der Waals surface area contributed by atoms with Crippen LogP contribution in [0.1, 0.15) is 89.2 Å². The summed E-state index contributed by atoms with van der Waals surface area (Å²) in [6.45, 7) is 4.59. The lowest BCUT2D eigenvalue weighted by atomic mass is 9.56. The van der Waals surface area contributed by atoms with Crippen molar-refractivity contribution in [3.8, 4) is 0 Å². The van der Waals surface area contributed by atoms with E-state index in [0.717, 1.165) is 17.8 Å². The molecule has 2 aromatic carbocycles. The quantitative estimate of drug-likeness (QED) is 0.355. The first kappa shape index (κ1) is 21.7. The van der Waals surface area contributed by atoms with Gasteiger partial charge in [0.05, 0.1) is 0 Å². The van der Waals surface area contributed by atoms with E-state index in [1.54, 1.807) is 10.6 Å². The number of benzene rings is 2. The fraction of sp³-hybridized carbons (Fsp3) is 0.600. The molecule has 0 nitrogen and oxygen atoms in total. The number of hydrogen-bond donors (Lipinski definition) is 0. The van der Waals surface area contributed by atoms with Crippen LogP contribution in [0.25, 0.3) is 0 Å². The molecule has 0 saturated heterocycles. The van der Waals surface area contributed by atoms with Crippen LogP contribution >= 0.6 is 7.92 Å². The van der Waals surface area contributed by atoms with E-state index in [9.17, 15) is 0 Å². The molecule has 0 aromatic heterocycles. The van der Waals surface area contributed by atoms with Gasteiger partial charge >= 0.3 is 0 Å². The first-order valence-corrected chi connectivity index (χ1v) is 14.5. The second kappa shape index (κ2) is 9.39. The van der Waals surface area contributed by atoms with Crippen LogP contribution in [0.5, 0.6) is 0 Å². The number of rotatable bonds is 9. The third-order valence-electron chi connectivity index (χ3n) is 8.51. The highest BCUT2D eigenvalue weighted by molar-refractivity contribution is 7.74. The summed E-state index contributed by atoms with van der Waals surface area (Å²) in [6, 6.07) is 19.9. The lowest BCUT2D eigenvalue weighted by Crippen LogP contribution is -2.51. The highest BCUT2D eigenvalue weighted by Gasteiger charge is 2.54. The molecule has 166 valence electrons. The van der Waals surface area contributed by atoms with E-state index in [1.807, 2.05) is 0 Å². The van der Waals surface area contributed by atoms with Gasteiger partial charge in [0, 0.05) is 0 Å². The van der Waals surface area contributed by atoms with Gasteiger partial charge in [-0.2, -0.15) is 0 Å². The van der Waals surface area contributed by atoms with Gasteiger partial charge in [0.25, 0.3) is 0 Å². The summed E-state index contributed by atoms with van der Waals surface area (Å²) in [6.07, 6.45) is 16.8. The molecule has 4 aliphatic rings. The normalized spacial score (nSPS) is 29.1. The molecule has 0 amide bonds. The molecule has 2 aromatic rings. The van der Waals surface area contributed by atoms with Gasteiger partial charge in [0.1, 0.15) is 0 Å². The van der Waals surface area contributed by atoms with Crippen LogP contribution < -0.4 is 10.6 Å². The minimum Gasteiger partial charge on any atom is -0.0654 e. The van der Waals surface area contributed by atoms with Crippen LogP contribution in [0.15, 0.2) is 48.5 Å². The lowest BCUT2D eigenvalue weighted by molar-refractivity contribution is 0.0364. The maximum absolute atomic E-state index is 2.53. The van der Waals surface area contributed by atoms with Gasteiger partial charge in [-0.25, -0.2) is 0 Å². The summed E-state index contributed by atoms with van der Waals surface area (Å²) in [5.41, 5.74) is 3.06. The van der Waals surface area contributed by atoms with E-state index >= 15 is 0 Å². The first-order valence-electron chi connectivity index (χ1n) is 13.2. The zero-order chi connectivity index (χ0) is 21.3. The van der Waals surface area contributed by atoms with Crippen molar-refractivity contribution >= 4 is 18.5 Å². The molecule has 0 heterocycles. The highest BCUT2D eigenvalue weighted by atomic mass is 31.1. The van der Waals surface area contributed by atoms with E-state index in [-0.39, 0.29) is 7.92 Å². The smallest absolute Gasteiger partial charge is 0.000642 e. The molecule has 1 heteroatoms. The molecule has 0 aliphatic heterocycles. The number of unbranched alkanes of at least 4 members (excludes halogenated alkanes) is 2. The molecule has 0 spiro atoms. The summed E-state index contributed by atoms with van der Waals surface area (Å²) in [7, 11) is -0.276. The Hall–Kier alpha value is -1.13.